The van der Waals surface area contributed by atoms with Crippen LogP contribution in [0.15, 0.2) is 48.6 Å². The van der Waals surface area contributed by atoms with Crippen LogP contribution in [0.1, 0.15) is 194 Å². The molecule has 0 aliphatic heterocycles. The number of allylic oxidation sites excluding steroid dienone is 7. The van der Waals surface area contributed by atoms with Crippen LogP contribution < -0.4 is 0 Å². The summed E-state index contributed by atoms with van der Waals surface area (Å²) in [5, 5.41) is 30.0. The van der Waals surface area contributed by atoms with E-state index in [9.17, 15) is 24.9 Å². The van der Waals surface area contributed by atoms with Crippen molar-refractivity contribution in [3.05, 3.63) is 48.6 Å². The van der Waals surface area contributed by atoms with Crippen molar-refractivity contribution in [3.8, 4) is 0 Å². The Balaban J connectivity index is 3.74. The van der Waals surface area contributed by atoms with Gasteiger partial charge < -0.3 is 24.8 Å². The fraction of sp³-hybridized carbons (Fsp3) is 0.778. The Morgan fingerprint density at radius 2 is 0.942 bits per heavy atom. The van der Waals surface area contributed by atoms with Gasteiger partial charge in [-0.3, -0.25) is 9.59 Å². The molecule has 0 rings (SSSR count). The molecule has 0 aliphatic rings. The first-order valence-electron chi connectivity index (χ1n) is 21.4. The van der Waals surface area contributed by atoms with Gasteiger partial charge >= 0.3 is 11.9 Å². The van der Waals surface area contributed by atoms with Gasteiger partial charge in [0.1, 0.15) is 6.61 Å². The number of aliphatic hydroxyl groups is 3. The molecule has 0 radical (unpaired) electrons. The number of unbranched alkanes of at least 4 members (excludes halogenated alkanes) is 18. The molecule has 0 spiro atoms. The summed E-state index contributed by atoms with van der Waals surface area (Å²) >= 11 is 0. The van der Waals surface area contributed by atoms with Gasteiger partial charge in [0.25, 0.3) is 0 Å². The maximum Gasteiger partial charge on any atom is 0.306 e. The van der Waals surface area contributed by atoms with Gasteiger partial charge in [-0.2, -0.15) is 0 Å². The first kappa shape index (κ1) is 49.8. The van der Waals surface area contributed by atoms with E-state index in [0.29, 0.717) is 19.3 Å². The summed E-state index contributed by atoms with van der Waals surface area (Å²) in [7, 11) is 0. The molecule has 7 heteroatoms. The van der Waals surface area contributed by atoms with Crippen LogP contribution in [0.3, 0.4) is 0 Å². The standard InChI is InChI=1S/C45H80O7/c1-3-5-7-9-11-13-15-17-18-19-20-21-22-23-25-27-29-31-33-37-45(50)52-41(39-46)40-51-44(49)38-34-36-43(48)42(47)35-32-30-28-26-24-16-14-12-10-8-6-4-2/h6,8,12,14,24,26,30,32,41-43,46-48H,3-5,7,9-11,13,15-23,25,27-29,31,33-40H2,1-2H3/b8-6-,14-12-,26-24-,32-30-/t41-,42-,43-/m0/s1. The van der Waals surface area contributed by atoms with Gasteiger partial charge in [-0.25, -0.2) is 0 Å². The first-order valence-corrected chi connectivity index (χ1v) is 21.4. The number of hydrogen-bond donors (Lipinski definition) is 3. The molecule has 0 aromatic heterocycles. The zero-order valence-corrected chi connectivity index (χ0v) is 33.5. The van der Waals surface area contributed by atoms with Crippen LogP contribution in [0.4, 0.5) is 0 Å². The van der Waals surface area contributed by atoms with E-state index in [2.05, 4.69) is 50.3 Å². The molecule has 0 saturated heterocycles. The van der Waals surface area contributed by atoms with Gasteiger partial charge in [-0.15, -0.1) is 0 Å². The number of carbonyl (C=O) groups excluding carboxylic acids is 2. The van der Waals surface area contributed by atoms with Crippen LogP contribution >= 0.6 is 0 Å². The predicted octanol–water partition coefficient (Wildman–Crippen LogP) is 11.3. The Morgan fingerprint density at radius 3 is 1.40 bits per heavy atom. The van der Waals surface area contributed by atoms with Gasteiger partial charge in [0.15, 0.2) is 6.10 Å². The number of ether oxygens (including phenoxy) is 2. The average Bonchev–Trinajstić information content (AvgIpc) is 3.14. The van der Waals surface area contributed by atoms with E-state index in [-0.39, 0.29) is 25.4 Å². The van der Waals surface area contributed by atoms with Crippen LogP contribution in [0, 0.1) is 0 Å². The highest BCUT2D eigenvalue weighted by Crippen LogP contribution is 2.15. The van der Waals surface area contributed by atoms with Crippen molar-refractivity contribution >= 4 is 11.9 Å². The summed E-state index contributed by atoms with van der Waals surface area (Å²) in [5.41, 5.74) is 0. The molecule has 0 aliphatic carbocycles. The maximum atomic E-state index is 12.2. The lowest BCUT2D eigenvalue weighted by Gasteiger charge is -2.17. The Morgan fingerprint density at radius 1 is 0.519 bits per heavy atom. The molecule has 302 valence electrons. The molecule has 0 heterocycles. The molecule has 0 aromatic carbocycles. The van der Waals surface area contributed by atoms with Crippen molar-refractivity contribution in [3.63, 3.8) is 0 Å². The zero-order chi connectivity index (χ0) is 38.2. The van der Waals surface area contributed by atoms with Crippen molar-refractivity contribution in [2.24, 2.45) is 0 Å². The molecule has 0 saturated carbocycles. The molecule has 0 unspecified atom stereocenters. The van der Waals surface area contributed by atoms with Crippen molar-refractivity contribution in [1.82, 2.24) is 0 Å². The lowest BCUT2D eigenvalue weighted by atomic mass is 10.0. The molecule has 7 nitrogen and oxygen atoms in total. The molecule has 0 fully saturated rings. The van der Waals surface area contributed by atoms with Gasteiger partial charge in [0.05, 0.1) is 18.8 Å². The minimum atomic E-state index is -0.935. The highest BCUT2D eigenvalue weighted by Gasteiger charge is 2.18. The third-order valence-electron chi connectivity index (χ3n) is 9.34. The van der Waals surface area contributed by atoms with Crippen molar-refractivity contribution in [1.29, 1.82) is 0 Å². The van der Waals surface area contributed by atoms with E-state index >= 15 is 0 Å². The fourth-order valence-corrected chi connectivity index (χ4v) is 6.00. The smallest absolute Gasteiger partial charge is 0.306 e. The van der Waals surface area contributed by atoms with Gasteiger partial charge in [0, 0.05) is 12.8 Å². The van der Waals surface area contributed by atoms with Crippen LogP contribution in [-0.2, 0) is 19.1 Å². The quantitative estimate of drug-likeness (QED) is 0.0329. The summed E-state index contributed by atoms with van der Waals surface area (Å²) in [6.45, 7) is 3.78. The van der Waals surface area contributed by atoms with Crippen molar-refractivity contribution < 1.29 is 34.4 Å². The number of hydrogen-bond acceptors (Lipinski definition) is 7. The summed E-state index contributed by atoms with van der Waals surface area (Å²) in [4.78, 5) is 24.4. The normalized spacial score (nSPS) is 13.9. The first-order chi connectivity index (χ1) is 25.4. The Hall–Kier alpha value is -2.22. The molecule has 3 N–H and O–H groups in total. The molecular weight excluding hydrogens is 652 g/mol. The Bertz CT molecular complexity index is 909. The van der Waals surface area contributed by atoms with Gasteiger partial charge in [0.2, 0.25) is 0 Å². The molecule has 0 aromatic rings. The topological polar surface area (TPSA) is 113 Å². The van der Waals surface area contributed by atoms with Gasteiger partial charge in [-0.1, -0.05) is 178 Å². The molecule has 0 amide bonds. The lowest BCUT2D eigenvalue weighted by molar-refractivity contribution is -0.161. The van der Waals surface area contributed by atoms with E-state index in [4.69, 9.17) is 9.47 Å². The summed E-state index contributed by atoms with van der Waals surface area (Å²) < 4.78 is 10.5. The summed E-state index contributed by atoms with van der Waals surface area (Å²) in [6.07, 6.45) is 43.6. The third-order valence-corrected chi connectivity index (χ3v) is 9.34. The minimum Gasteiger partial charge on any atom is -0.462 e. The SMILES string of the molecule is CC/C=C\C/C=C\C/C=C\C/C=C\C[C@H](O)[C@@H](O)CCCC(=O)OC[C@H](CO)OC(=O)CCCCCCCCCCCCCCCCCCCCC. The highest BCUT2D eigenvalue weighted by atomic mass is 16.6. The van der Waals surface area contributed by atoms with E-state index in [1.165, 1.54) is 103 Å². The largest absolute Gasteiger partial charge is 0.462 e. The van der Waals surface area contributed by atoms with Crippen LogP contribution in [0.2, 0.25) is 0 Å². The fourth-order valence-electron chi connectivity index (χ4n) is 6.00. The summed E-state index contributed by atoms with van der Waals surface area (Å²) in [6, 6.07) is 0. The minimum absolute atomic E-state index is 0.0687. The molecule has 52 heavy (non-hydrogen) atoms. The van der Waals surface area contributed by atoms with E-state index in [1.807, 2.05) is 12.2 Å². The summed E-state index contributed by atoms with van der Waals surface area (Å²) in [5.74, 6) is -0.874. The predicted molar refractivity (Wildman–Crippen MR) is 217 cm³/mol. The molecule has 3 atom stereocenters. The number of esters is 2. The number of rotatable bonds is 38. The van der Waals surface area contributed by atoms with Crippen molar-refractivity contribution in [2.75, 3.05) is 13.2 Å². The van der Waals surface area contributed by atoms with E-state index in [1.54, 1.807) is 0 Å². The average molecular weight is 733 g/mol. The zero-order valence-electron chi connectivity index (χ0n) is 33.5. The second kappa shape index (κ2) is 40.0. The van der Waals surface area contributed by atoms with Crippen LogP contribution in [0.5, 0.6) is 0 Å². The highest BCUT2D eigenvalue weighted by molar-refractivity contribution is 5.70. The van der Waals surface area contributed by atoms with E-state index in [0.717, 1.165) is 44.9 Å². The maximum absolute atomic E-state index is 12.2. The van der Waals surface area contributed by atoms with Crippen LogP contribution in [-0.4, -0.2) is 58.8 Å². The Labute approximate surface area is 319 Å². The van der Waals surface area contributed by atoms with E-state index < -0.39 is 30.9 Å². The molecule has 0 bridgehead atoms. The van der Waals surface area contributed by atoms with Crippen LogP contribution in [0.25, 0.3) is 0 Å². The lowest BCUT2D eigenvalue weighted by Crippen LogP contribution is -2.28. The van der Waals surface area contributed by atoms with Crippen molar-refractivity contribution in [2.45, 2.75) is 212 Å². The Kier molecular flexibility index (Phi) is 38.3. The number of carbonyl (C=O) groups is 2. The second-order valence-electron chi connectivity index (χ2n) is 14.4. The monoisotopic (exact) mass is 733 g/mol. The number of aliphatic hydroxyl groups excluding tert-OH is 3. The molecular formula is C45H80O7. The third kappa shape index (κ3) is 36.2. The second-order valence-corrected chi connectivity index (χ2v) is 14.4. The van der Waals surface area contributed by atoms with Gasteiger partial charge in [-0.05, 0) is 51.4 Å².